The first kappa shape index (κ1) is 14.8. The third kappa shape index (κ3) is 3.87. The Morgan fingerprint density at radius 3 is 2.65 bits per heavy atom. The molecule has 4 heteroatoms. The van der Waals surface area contributed by atoms with E-state index in [1.807, 2.05) is 6.07 Å². The molecule has 0 spiro atoms. The van der Waals surface area contributed by atoms with Gasteiger partial charge >= 0.3 is 0 Å². The molecule has 0 saturated carbocycles. The minimum Gasteiger partial charge on any atom is -0.383 e. The average molecular weight is 321 g/mol. The van der Waals surface area contributed by atoms with E-state index in [0.717, 1.165) is 22.6 Å². The minimum atomic E-state index is 0.317. The van der Waals surface area contributed by atoms with E-state index in [4.69, 9.17) is 16.3 Å². The number of hydrogen-bond acceptors (Lipinski definition) is 2. The van der Waals surface area contributed by atoms with Crippen molar-refractivity contribution in [2.24, 2.45) is 0 Å². The molecule has 1 rings (SSSR count). The highest BCUT2D eigenvalue weighted by Gasteiger charge is 2.15. The summed E-state index contributed by atoms with van der Waals surface area (Å²) in [7, 11) is 1.72. The molecule has 0 radical (unpaired) electrons. The van der Waals surface area contributed by atoms with E-state index in [1.54, 1.807) is 7.11 Å². The normalized spacial score (nSPS) is 12.5. The Hall–Kier alpha value is -0.250. The summed E-state index contributed by atoms with van der Waals surface area (Å²) in [6.07, 6.45) is 0. The molecule has 1 atom stereocenters. The zero-order valence-electron chi connectivity index (χ0n) is 10.5. The van der Waals surface area contributed by atoms with Gasteiger partial charge in [-0.15, -0.1) is 0 Å². The van der Waals surface area contributed by atoms with Gasteiger partial charge in [-0.05, 0) is 31.5 Å². The van der Waals surface area contributed by atoms with Crippen LogP contribution >= 0.6 is 27.5 Å². The van der Waals surface area contributed by atoms with Gasteiger partial charge in [0, 0.05) is 25.0 Å². The van der Waals surface area contributed by atoms with Gasteiger partial charge in [0.05, 0.1) is 17.3 Å². The topological polar surface area (TPSA) is 12.5 Å². The highest BCUT2D eigenvalue weighted by Crippen LogP contribution is 2.29. The maximum Gasteiger partial charge on any atom is 0.0663 e. The highest BCUT2D eigenvalue weighted by molar-refractivity contribution is 9.08. The number of methoxy groups -OCH3 is 1. The lowest BCUT2D eigenvalue weighted by Crippen LogP contribution is -2.36. The van der Waals surface area contributed by atoms with Gasteiger partial charge in [0.15, 0.2) is 0 Å². The van der Waals surface area contributed by atoms with Gasteiger partial charge in [-0.3, -0.25) is 0 Å². The molecule has 0 bridgehead atoms. The molecule has 1 aromatic rings. The number of anilines is 1. The van der Waals surface area contributed by atoms with Crippen LogP contribution in [0.5, 0.6) is 0 Å². The van der Waals surface area contributed by atoms with Crippen LogP contribution in [0.1, 0.15) is 19.4 Å². The number of likely N-dealkylation sites (N-methyl/N-ethyl adjacent to an activating group) is 1. The van der Waals surface area contributed by atoms with Gasteiger partial charge in [-0.2, -0.15) is 0 Å². The van der Waals surface area contributed by atoms with Crippen molar-refractivity contribution >= 4 is 33.2 Å². The van der Waals surface area contributed by atoms with Crippen LogP contribution in [0.2, 0.25) is 5.02 Å². The maximum atomic E-state index is 6.32. The van der Waals surface area contributed by atoms with E-state index in [2.05, 4.69) is 46.8 Å². The number of alkyl halides is 1. The summed E-state index contributed by atoms with van der Waals surface area (Å²) in [6.45, 7) is 5.88. The fraction of sp³-hybridized carbons (Fsp3) is 0.538. The molecular formula is C13H19BrClNO. The van der Waals surface area contributed by atoms with Crippen LogP contribution in [0.25, 0.3) is 0 Å². The van der Waals surface area contributed by atoms with Crippen LogP contribution in [0.4, 0.5) is 5.69 Å². The van der Waals surface area contributed by atoms with E-state index in [1.165, 1.54) is 5.56 Å². The number of ether oxygens (including phenoxy) is 1. The van der Waals surface area contributed by atoms with Gasteiger partial charge in [0.1, 0.15) is 0 Å². The lowest BCUT2D eigenvalue weighted by Gasteiger charge is -2.30. The second kappa shape index (κ2) is 7.24. The Bertz CT molecular complexity index is 359. The molecule has 2 nitrogen and oxygen atoms in total. The summed E-state index contributed by atoms with van der Waals surface area (Å²) in [5, 5.41) is 1.62. The first-order valence-corrected chi connectivity index (χ1v) is 7.23. The van der Waals surface area contributed by atoms with Gasteiger partial charge in [-0.25, -0.2) is 0 Å². The van der Waals surface area contributed by atoms with Crippen molar-refractivity contribution in [2.75, 3.05) is 25.2 Å². The molecule has 0 N–H and O–H groups in total. The molecule has 0 aliphatic rings. The Labute approximate surface area is 117 Å². The van der Waals surface area contributed by atoms with Crippen LogP contribution in [-0.4, -0.2) is 26.3 Å². The number of halogens is 2. The van der Waals surface area contributed by atoms with Crippen LogP contribution < -0.4 is 4.90 Å². The molecule has 0 saturated heterocycles. The fourth-order valence-electron chi connectivity index (χ4n) is 1.92. The maximum absolute atomic E-state index is 6.32. The third-order valence-corrected chi connectivity index (χ3v) is 3.71. The Kier molecular flexibility index (Phi) is 6.31. The van der Waals surface area contributed by atoms with E-state index in [-0.39, 0.29) is 0 Å². The van der Waals surface area contributed by atoms with E-state index < -0.39 is 0 Å². The van der Waals surface area contributed by atoms with Crippen molar-refractivity contribution in [1.82, 2.24) is 0 Å². The molecule has 17 heavy (non-hydrogen) atoms. The predicted octanol–water partition coefficient (Wildman–Crippen LogP) is 4.10. The van der Waals surface area contributed by atoms with Crippen molar-refractivity contribution in [3.05, 3.63) is 28.8 Å². The summed E-state index contributed by atoms with van der Waals surface area (Å²) in [5.74, 6) is 0. The molecule has 0 aromatic heterocycles. The molecule has 0 fully saturated rings. The van der Waals surface area contributed by atoms with Crippen molar-refractivity contribution in [2.45, 2.75) is 25.2 Å². The van der Waals surface area contributed by atoms with Gasteiger partial charge < -0.3 is 9.64 Å². The molecule has 1 aromatic carbocycles. The molecule has 1 unspecified atom stereocenters. The molecule has 0 aliphatic carbocycles. The Morgan fingerprint density at radius 1 is 1.47 bits per heavy atom. The number of nitrogens with zero attached hydrogens (tertiary/aromatic N) is 1. The predicted molar refractivity (Wildman–Crippen MR) is 78.4 cm³/mol. The molecular weight excluding hydrogens is 302 g/mol. The average Bonchev–Trinajstić information content (AvgIpc) is 2.32. The lowest BCUT2D eigenvalue weighted by molar-refractivity contribution is 0.182. The van der Waals surface area contributed by atoms with Gasteiger partial charge in [0.2, 0.25) is 0 Å². The SMILES string of the molecule is CCN(c1ccc(CBr)cc1Cl)C(C)COC. The lowest BCUT2D eigenvalue weighted by atomic mass is 10.2. The number of rotatable bonds is 6. The first-order valence-electron chi connectivity index (χ1n) is 5.74. The Balaban J connectivity index is 2.95. The Morgan fingerprint density at radius 2 is 2.18 bits per heavy atom. The molecule has 96 valence electrons. The molecule has 0 amide bonds. The summed E-state index contributed by atoms with van der Waals surface area (Å²) >= 11 is 9.75. The van der Waals surface area contributed by atoms with Crippen molar-refractivity contribution in [3.63, 3.8) is 0 Å². The summed E-state index contributed by atoms with van der Waals surface area (Å²) < 4.78 is 5.20. The van der Waals surface area contributed by atoms with Crippen LogP contribution in [0.3, 0.4) is 0 Å². The van der Waals surface area contributed by atoms with E-state index in [9.17, 15) is 0 Å². The zero-order valence-corrected chi connectivity index (χ0v) is 12.9. The van der Waals surface area contributed by atoms with Crippen LogP contribution in [0.15, 0.2) is 18.2 Å². The summed E-state index contributed by atoms with van der Waals surface area (Å²) in [4.78, 5) is 2.25. The van der Waals surface area contributed by atoms with Crippen molar-refractivity contribution < 1.29 is 4.74 Å². The van der Waals surface area contributed by atoms with Crippen molar-refractivity contribution in [1.29, 1.82) is 0 Å². The summed E-state index contributed by atoms with van der Waals surface area (Å²) in [5.41, 5.74) is 2.26. The first-order chi connectivity index (χ1) is 8.13. The molecule has 0 heterocycles. The number of benzene rings is 1. The quantitative estimate of drug-likeness (QED) is 0.732. The minimum absolute atomic E-state index is 0.317. The van der Waals surface area contributed by atoms with Gasteiger partial charge in [-0.1, -0.05) is 33.6 Å². The monoisotopic (exact) mass is 319 g/mol. The zero-order chi connectivity index (χ0) is 12.8. The fourth-order valence-corrected chi connectivity index (χ4v) is 2.58. The van der Waals surface area contributed by atoms with Crippen LogP contribution in [-0.2, 0) is 10.1 Å². The van der Waals surface area contributed by atoms with Crippen LogP contribution in [0, 0.1) is 0 Å². The third-order valence-electron chi connectivity index (χ3n) is 2.76. The van der Waals surface area contributed by atoms with E-state index >= 15 is 0 Å². The summed E-state index contributed by atoms with van der Waals surface area (Å²) in [6, 6.07) is 6.50. The second-order valence-electron chi connectivity index (χ2n) is 4.01. The van der Waals surface area contributed by atoms with Crippen molar-refractivity contribution in [3.8, 4) is 0 Å². The second-order valence-corrected chi connectivity index (χ2v) is 4.98. The largest absolute Gasteiger partial charge is 0.383 e. The number of hydrogen-bond donors (Lipinski definition) is 0. The van der Waals surface area contributed by atoms with E-state index in [0.29, 0.717) is 12.6 Å². The van der Waals surface area contributed by atoms with Gasteiger partial charge in [0.25, 0.3) is 0 Å². The molecule has 0 aliphatic heterocycles. The standard InChI is InChI=1S/C13H19BrClNO/c1-4-16(10(2)9-17-3)13-6-5-11(8-14)7-12(13)15/h5-7,10H,4,8-9H2,1-3H3. The highest BCUT2D eigenvalue weighted by atomic mass is 79.9. The smallest absolute Gasteiger partial charge is 0.0663 e.